The van der Waals surface area contributed by atoms with Gasteiger partial charge in [-0.2, -0.15) is 0 Å². The standard InChI is InChI=1S/C19H25N5O2/c1-19(2,3)18(25)22-10-15-23-14-9-21-17-13(6-7-20-17)16(14)24(15)12-5-4-8-26-11-12/h6-7,9,12H,4-5,8,10-11H2,1-3H3,(H,20,21)(H,22,25)/t12-/m0/s1. The van der Waals surface area contributed by atoms with E-state index in [1.54, 1.807) is 6.20 Å². The Hall–Kier alpha value is -2.41. The van der Waals surface area contributed by atoms with Crippen LogP contribution in [0.2, 0.25) is 0 Å². The van der Waals surface area contributed by atoms with Crippen LogP contribution in [-0.4, -0.2) is 38.6 Å². The monoisotopic (exact) mass is 355 g/mol. The van der Waals surface area contributed by atoms with Gasteiger partial charge in [-0.1, -0.05) is 20.8 Å². The quantitative estimate of drug-likeness (QED) is 0.756. The molecule has 3 aromatic heterocycles. The number of hydrogen-bond donors (Lipinski definition) is 2. The van der Waals surface area contributed by atoms with Gasteiger partial charge in [-0.15, -0.1) is 0 Å². The van der Waals surface area contributed by atoms with Crippen LogP contribution < -0.4 is 5.32 Å². The number of fused-ring (bicyclic) bond motifs is 3. The summed E-state index contributed by atoms with van der Waals surface area (Å²) in [5.41, 5.74) is 2.33. The number of amides is 1. The van der Waals surface area contributed by atoms with E-state index in [0.717, 1.165) is 47.3 Å². The predicted octanol–water partition coefficient (Wildman–Crippen LogP) is 2.93. The first-order valence-corrected chi connectivity index (χ1v) is 9.14. The fraction of sp³-hybridized carbons (Fsp3) is 0.526. The summed E-state index contributed by atoms with van der Waals surface area (Å²) in [5.74, 6) is 0.865. The molecule has 26 heavy (non-hydrogen) atoms. The molecule has 0 aromatic carbocycles. The summed E-state index contributed by atoms with van der Waals surface area (Å²) in [4.78, 5) is 24.7. The Labute approximate surface area is 152 Å². The summed E-state index contributed by atoms with van der Waals surface area (Å²) >= 11 is 0. The first kappa shape index (κ1) is 17.0. The van der Waals surface area contributed by atoms with Crippen molar-refractivity contribution in [3.8, 4) is 0 Å². The highest BCUT2D eigenvalue weighted by Crippen LogP contribution is 2.31. The zero-order valence-electron chi connectivity index (χ0n) is 15.5. The lowest BCUT2D eigenvalue weighted by Crippen LogP contribution is -2.35. The highest BCUT2D eigenvalue weighted by Gasteiger charge is 2.25. The second kappa shape index (κ2) is 6.39. The lowest BCUT2D eigenvalue weighted by atomic mass is 9.96. The number of hydrogen-bond acceptors (Lipinski definition) is 4. The minimum absolute atomic E-state index is 0.0147. The van der Waals surface area contributed by atoms with Crippen LogP contribution in [0.4, 0.5) is 0 Å². The van der Waals surface area contributed by atoms with E-state index in [2.05, 4.69) is 19.9 Å². The van der Waals surface area contributed by atoms with Crippen molar-refractivity contribution in [3.05, 3.63) is 24.3 Å². The molecule has 1 aliphatic heterocycles. The van der Waals surface area contributed by atoms with Crippen molar-refractivity contribution in [1.29, 1.82) is 0 Å². The summed E-state index contributed by atoms with van der Waals surface area (Å²) in [6.45, 7) is 7.60. The molecule has 138 valence electrons. The smallest absolute Gasteiger partial charge is 0.225 e. The van der Waals surface area contributed by atoms with Gasteiger partial charge < -0.3 is 19.6 Å². The molecular formula is C19H25N5O2. The third-order valence-corrected chi connectivity index (χ3v) is 4.90. The minimum atomic E-state index is -0.430. The summed E-state index contributed by atoms with van der Waals surface area (Å²) in [6, 6.07) is 2.25. The van der Waals surface area contributed by atoms with E-state index in [-0.39, 0.29) is 11.9 Å². The molecule has 0 radical (unpaired) electrons. The summed E-state index contributed by atoms with van der Waals surface area (Å²) in [5, 5.41) is 4.08. The van der Waals surface area contributed by atoms with Crippen molar-refractivity contribution in [2.45, 2.75) is 46.2 Å². The van der Waals surface area contributed by atoms with Crippen molar-refractivity contribution in [1.82, 2.24) is 24.8 Å². The Morgan fingerprint density at radius 2 is 2.31 bits per heavy atom. The molecule has 4 rings (SSSR count). The number of nitrogens with zero attached hydrogens (tertiary/aromatic N) is 3. The van der Waals surface area contributed by atoms with Crippen molar-refractivity contribution < 1.29 is 9.53 Å². The summed E-state index contributed by atoms with van der Waals surface area (Å²) in [6.07, 6.45) is 5.76. The maximum atomic E-state index is 12.3. The zero-order chi connectivity index (χ0) is 18.3. The maximum absolute atomic E-state index is 12.3. The van der Waals surface area contributed by atoms with Gasteiger partial charge in [0, 0.05) is 23.6 Å². The van der Waals surface area contributed by atoms with Crippen molar-refractivity contribution in [2.75, 3.05) is 13.2 Å². The Bertz CT molecular complexity index is 944. The van der Waals surface area contributed by atoms with Crippen LogP contribution in [0.3, 0.4) is 0 Å². The lowest BCUT2D eigenvalue weighted by molar-refractivity contribution is -0.128. The molecule has 0 bridgehead atoms. The molecule has 3 aromatic rings. The summed E-state index contributed by atoms with van der Waals surface area (Å²) in [7, 11) is 0. The molecule has 1 saturated heterocycles. The van der Waals surface area contributed by atoms with Gasteiger partial charge >= 0.3 is 0 Å². The fourth-order valence-electron chi connectivity index (χ4n) is 3.51. The Morgan fingerprint density at radius 1 is 1.46 bits per heavy atom. The fourth-order valence-corrected chi connectivity index (χ4v) is 3.51. The maximum Gasteiger partial charge on any atom is 0.225 e. The van der Waals surface area contributed by atoms with Crippen molar-refractivity contribution >= 4 is 28.0 Å². The van der Waals surface area contributed by atoms with Crippen LogP contribution in [0.25, 0.3) is 22.1 Å². The summed E-state index contributed by atoms with van der Waals surface area (Å²) < 4.78 is 7.97. The molecule has 0 unspecified atom stereocenters. The molecule has 1 atom stereocenters. The van der Waals surface area contributed by atoms with Crippen LogP contribution >= 0.6 is 0 Å². The minimum Gasteiger partial charge on any atom is -0.379 e. The second-order valence-corrected chi connectivity index (χ2v) is 7.93. The number of pyridine rings is 1. The molecule has 0 spiro atoms. The zero-order valence-corrected chi connectivity index (χ0v) is 15.5. The number of carbonyl (C=O) groups is 1. The van der Waals surface area contributed by atoms with Gasteiger partial charge in [-0.3, -0.25) is 4.79 Å². The van der Waals surface area contributed by atoms with Gasteiger partial charge in [-0.05, 0) is 18.9 Å². The Morgan fingerprint density at radius 3 is 3.04 bits per heavy atom. The number of nitrogens with one attached hydrogen (secondary N) is 2. The van der Waals surface area contributed by atoms with Crippen LogP contribution in [0.5, 0.6) is 0 Å². The van der Waals surface area contributed by atoms with Gasteiger partial charge in [0.05, 0.1) is 30.9 Å². The van der Waals surface area contributed by atoms with Gasteiger partial charge in [0.25, 0.3) is 0 Å². The molecule has 1 aliphatic rings. The van der Waals surface area contributed by atoms with E-state index >= 15 is 0 Å². The highest BCUT2D eigenvalue weighted by atomic mass is 16.5. The van der Waals surface area contributed by atoms with E-state index < -0.39 is 5.41 Å². The molecule has 1 fully saturated rings. The topological polar surface area (TPSA) is 84.8 Å². The van der Waals surface area contributed by atoms with E-state index in [1.807, 2.05) is 33.0 Å². The number of aromatic amines is 1. The molecule has 2 N–H and O–H groups in total. The van der Waals surface area contributed by atoms with E-state index in [9.17, 15) is 4.79 Å². The highest BCUT2D eigenvalue weighted by molar-refractivity contribution is 6.01. The predicted molar refractivity (Wildman–Crippen MR) is 99.8 cm³/mol. The van der Waals surface area contributed by atoms with Gasteiger partial charge in [0.1, 0.15) is 17.0 Å². The number of carbonyl (C=O) groups excluding carboxylic acids is 1. The largest absolute Gasteiger partial charge is 0.379 e. The first-order valence-electron chi connectivity index (χ1n) is 9.14. The van der Waals surface area contributed by atoms with Crippen LogP contribution in [0.1, 0.15) is 45.5 Å². The van der Waals surface area contributed by atoms with Crippen molar-refractivity contribution in [2.24, 2.45) is 5.41 Å². The van der Waals surface area contributed by atoms with Gasteiger partial charge in [-0.25, -0.2) is 9.97 Å². The number of aromatic nitrogens is 4. The molecule has 4 heterocycles. The number of ether oxygens (including phenoxy) is 1. The number of imidazole rings is 1. The van der Waals surface area contributed by atoms with Gasteiger partial charge in [0.2, 0.25) is 5.91 Å². The molecule has 7 heteroatoms. The van der Waals surface area contributed by atoms with E-state index in [1.165, 1.54) is 0 Å². The normalized spacial score (nSPS) is 18.5. The van der Waals surface area contributed by atoms with Crippen LogP contribution in [0.15, 0.2) is 18.5 Å². The molecular weight excluding hydrogens is 330 g/mol. The Balaban J connectivity index is 1.79. The SMILES string of the molecule is CC(C)(C)C(=O)NCc1nc2cnc3[nH]ccc3c2n1[C@H]1CCCOC1. The van der Waals surface area contributed by atoms with E-state index in [4.69, 9.17) is 9.72 Å². The number of rotatable bonds is 3. The van der Waals surface area contributed by atoms with Crippen molar-refractivity contribution in [3.63, 3.8) is 0 Å². The average molecular weight is 355 g/mol. The van der Waals surface area contributed by atoms with Gasteiger partial charge in [0.15, 0.2) is 0 Å². The third-order valence-electron chi connectivity index (χ3n) is 4.90. The average Bonchev–Trinajstić information content (AvgIpc) is 3.23. The second-order valence-electron chi connectivity index (χ2n) is 7.93. The van der Waals surface area contributed by atoms with Crippen LogP contribution in [-0.2, 0) is 16.1 Å². The third kappa shape index (κ3) is 2.96. The van der Waals surface area contributed by atoms with E-state index in [0.29, 0.717) is 13.2 Å². The first-order chi connectivity index (χ1) is 12.4. The molecule has 0 aliphatic carbocycles. The lowest BCUT2D eigenvalue weighted by Gasteiger charge is -2.26. The molecule has 0 saturated carbocycles. The number of H-pyrrole nitrogens is 1. The molecule has 7 nitrogen and oxygen atoms in total. The van der Waals surface area contributed by atoms with Crippen LogP contribution in [0, 0.1) is 5.41 Å². The Kier molecular flexibility index (Phi) is 4.19. The molecule has 1 amide bonds.